The molecule has 0 aliphatic carbocycles. The summed E-state index contributed by atoms with van der Waals surface area (Å²) in [4.78, 5) is 3.95. The van der Waals surface area contributed by atoms with Crippen molar-refractivity contribution in [2.45, 2.75) is 18.4 Å². The van der Waals surface area contributed by atoms with Crippen LogP contribution in [0.25, 0.3) is 0 Å². The summed E-state index contributed by atoms with van der Waals surface area (Å²) in [7, 11) is -3.54. The second-order valence-electron chi connectivity index (χ2n) is 4.14. The van der Waals surface area contributed by atoms with Crippen molar-refractivity contribution in [2.75, 3.05) is 5.73 Å². The lowest BCUT2D eigenvalue weighted by molar-refractivity contribution is 0.581. The van der Waals surface area contributed by atoms with E-state index in [1.54, 1.807) is 18.2 Å². The number of rotatable bonds is 4. The van der Waals surface area contributed by atoms with E-state index < -0.39 is 10.0 Å². The molecule has 0 atom stereocenters. The minimum absolute atomic E-state index is 0.150. The molecule has 1 heterocycles. The highest BCUT2D eigenvalue weighted by Crippen LogP contribution is 2.16. The average Bonchev–Trinajstić information content (AvgIpc) is 2.41. The zero-order chi connectivity index (χ0) is 13.9. The van der Waals surface area contributed by atoms with Crippen LogP contribution in [0.1, 0.15) is 11.1 Å². The molecule has 1 aromatic heterocycles. The lowest BCUT2D eigenvalue weighted by Crippen LogP contribution is -2.23. The highest BCUT2D eigenvalue weighted by atomic mass is 32.2. The van der Waals surface area contributed by atoms with E-state index in [2.05, 4.69) is 9.71 Å². The van der Waals surface area contributed by atoms with Gasteiger partial charge in [-0.25, -0.2) is 13.1 Å². The van der Waals surface area contributed by atoms with Crippen molar-refractivity contribution in [3.63, 3.8) is 0 Å². The van der Waals surface area contributed by atoms with E-state index in [0.717, 1.165) is 11.1 Å². The van der Waals surface area contributed by atoms with Gasteiger partial charge in [0.2, 0.25) is 10.0 Å². The predicted octanol–water partition coefficient (Wildman–Crippen LogP) is 1.45. The van der Waals surface area contributed by atoms with Crippen molar-refractivity contribution in [2.24, 2.45) is 0 Å². The summed E-state index contributed by atoms with van der Waals surface area (Å²) >= 11 is 0. The highest BCUT2D eigenvalue weighted by molar-refractivity contribution is 7.89. The molecule has 6 heteroatoms. The van der Waals surface area contributed by atoms with Crippen LogP contribution in [0.3, 0.4) is 0 Å². The number of nitrogen functional groups attached to an aromatic ring is 1. The van der Waals surface area contributed by atoms with Gasteiger partial charge in [0.15, 0.2) is 0 Å². The molecular weight excluding hydrogens is 262 g/mol. The van der Waals surface area contributed by atoms with Gasteiger partial charge in [-0.1, -0.05) is 12.1 Å². The zero-order valence-corrected chi connectivity index (χ0v) is 11.3. The van der Waals surface area contributed by atoms with Gasteiger partial charge in [-0.2, -0.15) is 0 Å². The number of pyridine rings is 1. The summed E-state index contributed by atoms with van der Waals surface area (Å²) in [6.07, 6.45) is 2.84. The quantitative estimate of drug-likeness (QED) is 0.828. The highest BCUT2D eigenvalue weighted by Gasteiger charge is 2.14. The monoisotopic (exact) mass is 277 g/mol. The van der Waals surface area contributed by atoms with Gasteiger partial charge in [-0.05, 0) is 36.2 Å². The Labute approximate surface area is 112 Å². The Morgan fingerprint density at radius 2 is 2.05 bits per heavy atom. The molecule has 1 aromatic carbocycles. The Morgan fingerprint density at radius 3 is 2.74 bits per heavy atom. The summed E-state index contributed by atoms with van der Waals surface area (Å²) in [5, 5.41) is 0. The van der Waals surface area contributed by atoms with Crippen molar-refractivity contribution in [3.05, 3.63) is 53.9 Å². The van der Waals surface area contributed by atoms with Gasteiger partial charge in [0.05, 0.1) is 0 Å². The Bertz CT molecular complexity index is 670. The molecule has 2 aromatic rings. The smallest absolute Gasteiger partial charge is 0.242 e. The number of aromatic nitrogens is 1. The molecule has 19 heavy (non-hydrogen) atoms. The van der Waals surface area contributed by atoms with Gasteiger partial charge < -0.3 is 5.73 Å². The van der Waals surface area contributed by atoms with Gasteiger partial charge in [0, 0.05) is 24.6 Å². The minimum atomic E-state index is -3.54. The van der Waals surface area contributed by atoms with Gasteiger partial charge >= 0.3 is 0 Å². The molecule has 0 amide bonds. The van der Waals surface area contributed by atoms with E-state index in [4.69, 9.17) is 5.73 Å². The van der Waals surface area contributed by atoms with Crippen LogP contribution in [-0.4, -0.2) is 13.4 Å². The number of anilines is 1. The molecular formula is C13H15N3O2S. The molecule has 2 rings (SSSR count). The van der Waals surface area contributed by atoms with E-state index in [0.29, 0.717) is 5.69 Å². The van der Waals surface area contributed by atoms with Crippen molar-refractivity contribution in [3.8, 4) is 0 Å². The molecule has 0 saturated heterocycles. The second kappa shape index (κ2) is 5.38. The molecule has 0 radical (unpaired) electrons. The van der Waals surface area contributed by atoms with E-state index in [-0.39, 0.29) is 11.4 Å². The molecule has 0 unspecified atom stereocenters. The van der Waals surface area contributed by atoms with E-state index in [1.165, 1.54) is 18.5 Å². The fraction of sp³-hybridized carbons (Fsp3) is 0.154. The van der Waals surface area contributed by atoms with Crippen LogP contribution in [0.4, 0.5) is 5.69 Å². The van der Waals surface area contributed by atoms with Crippen LogP contribution in [0.15, 0.2) is 47.6 Å². The summed E-state index contributed by atoms with van der Waals surface area (Å²) in [5.74, 6) is 0. The first-order chi connectivity index (χ1) is 9.00. The largest absolute Gasteiger partial charge is 0.399 e. The number of nitrogens with one attached hydrogen (secondary N) is 1. The first-order valence-corrected chi connectivity index (χ1v) is 7.22. The molecule has 0 aliphatic heterocycles. The van der Waals surface area contributed by atoms with E-state index in [1.807, 2.05) is 13.0 Å². The minimum Gasteiger partial charge on any atom is -0.399 e. The summed E-state index contributed by atoms with van der Waals surface area (Å²) < 4.78 is 26.6. The predicted molar refractivity (Wildman–Crippen MR) is 73.9 cm³/mol. The zero-order valence-electron chi connectivity index (χ0n) is 10.5. The second-order valence-corrected chi connectivity index (χ2v) is 5.91. The summed E-state index contributed by atoms with van der Waals surface area (Å²) in [6.45, 7) is 2.07. The molecule has 100 valence electrons. The molecule has 5 nitrogen and oxygen atoms in total. The van der Waals surface area contributed by atoms with E-state index >= 15 is 0 Å². The van der Waals surface area contributed by atoms with Crippen LogP contribution in [0.2, 0.25) is 0 Å². The fourth-order valence-corrected chi connectivity index (χ4v) is 2.63. The SMILES string of the molecule is Cc1c(N)cccc1CNS(=O)(=O)c1cccnc1. The van der Waals surface area contributed by atoms with Crippen molar-refractivity contribution < 1.29 is 8.42 Å². The third-order valence-corrected chi connectivity index (χ3v) is 4.27. The third kappa shape index (κ3) is 3.10. The Balaban J connectivity index is 2.17. The van der Waals surface area contributed by atoms with Crippen LogP contribution >= 0.6 is 0 Å². The van der Waals surface area contributed by atoms with Gasteiger partial charge in [-0.3, -0.25) is 4.98 Å². The fourth-order valence-electron chi connectivity index (χ4n) is 1.66. The number of hydrogen-bond acceptors (Lipinski definition) is 4. The maximum absolute atomic E-state index is 12.0. The molecule has 3 N–H and O–H groups in total. The standard InChI is InChI=1S/C13H15N3O2S/c1-10-11(4-2-6-13(10)14)8-16-19(17,18)12-5-3-7-15-9-12/h2-7,9,16H,8,14H2,1H3. The van der Waals surface area contributed by atoms with Crippen LogP contribution in [-0.2, 0) is 16.6 Å². The summed E-state index contributed by atoms with van der Waals surface area (Å²) in [6, 6.07) is 8.52. The maximum Gasteiger partial charge on any atom is 0.242 e. The molecule has 0 saturated carbocycles. The van der Waals surface area contributed by atoms with Crippen molar-refractivity contribution >= 4 is 15.7 Å². The first-order valence-electron chi connectivity index (χ1n) is 5.74. The maximum atomic E-state index is 12.0. The number of hydrogen-bond donors (Lipinski definition) is 2. The van der Waals surface area contributed by atoms with Crippen LogP contribution < -0.4 is 10.5 Å². The van der Waals surface area contributed by atoms with E-state index in [9.17, 15) is 8.42 Å². The van der Waals surface area contributed by atoms with Crippen LogP contribution in [0.5, 0.6) is 0 Å². The van der Waals surface area contributed by atoms with Gasteiger partial charge in [0.1, 0.15) is 4.90 Å². The Morgan fingerprint density at radius 1 is 1.26 bits per heavy atom. The normalized spacial score (nSPS) is 11.4. The van der Waals surface area contributed by atoms with Crippen molar-refractivity contribution in [1.82, 2.24) is 9.71 Å². The number of nitrogens with zero attached hydrogens (tertiary/aromatic N) is 1. The number of benzene rings is 1. The average molecular weight is 277 g/mol. The lowest BCUT2D eigenvalue weighted by Gasteiger charge is -2.10. The topological polar surface area (TPSA) is 85.1 Å². The Hall–Kier alpha value is -1.92. The molecule has 0 aliphatic rings. The Kier molecular flexibility index (Phi) is 3.82. The number of sulfonamides is 1. The molecule has 0 spiro atoms. The summed E-state index contributed by atoms with van der Waals surface area (Å²) in [5.41, 5.74) is 8.17. The first kappa shape index (κ1) is 13.5. The third-order valence-electron chi connectivity index (χ3n) is 2.89. The van der Waals surface area contributed by atoms with Gasteiger partial charge in [-0.15, -0.1) is 0 Å². The molecule has 0 bridgehead atoms. The lowest BCUT2D eigenvalue weighted by atomic mass is 10.1. The molecule has 0 fully saturated rings. The van der Waals surface area contributed by atoms with Gasteiger partial charge in [0.25, 0.3) is 0 Å². The van der Waals surface area contributed by atoms with Crippen molar-refractivity contribution in [1.29, 1.82) is 0 Å². The van der Waals surface area contributed by atoms with Crippen LogP contribution in [0, 0.1) is 6.92 Å². The number of nitrogens with two attached hydrogens (primary N) is 1.